The monoisotopic (exact) mass is 285 g/mol. The third-order valence-corrected chi connectivity index (χ3v) is 3.48. The maximum Gasteiger partial charge on any atom is 0.195 e. The average Bonchev–Trinajstić information content (AvgIpc) is 3.09. The molecule has 0 amide bonds. The van der Waals surface area contributed by atoms with Crippen molar-refractivity contribution in [3.05, 3.63) is 53.6 Å². The minimum atomic E-state index is 0.163. The predicted octanol–water partition coefficient (Wildman–Crippen LogP) is 3.07. The van der Waals surface area contributed by atoms with Gasteiger partial charge in [0.15, 0.2) is 10.6 Å². The van der Waals surface area contributed by atoms with Crippen LogP contribution in [0.5, 0.6) is 0 Å². The van der Waals surface area contributed by atoms with E-state index in [1.54, 1.807) is 6.20 Å². The van der Waals surface area contributed by atoms with Crippen LogP contribution in [0.25, 0.3) is 11.4 Å². The fraction of sp³-hybridized carbons (Fsp3) is 0.214. The number of nitrogens with one attached hydrogen (secondary N) is 1. The van der Waals surface area contributed by atoms with E-state index in [4.69, 9.17) is 12.2 Å². The van der Waals surface area contributed by atoms with Crippen LogP contribution in [0.15, 0.2) is 48.8 Å². The maximum absolute atomic E-state index is 5.36. The summed E-state index contributed by atoms with van der Waals surface area (Å²) in [5.74, 6) is 0.857. The largest absolute Gasteiger partial charge is 0.295 e. The third kappa shape index (κ3) is 2.42. The topological polar surface area (TPSA) is 51.4 Å². The molecule has 0 spiro atoms. The summed E-state index contributed by atoms with van der Waals surface area (Å²) in [5, 5.41) is 11.5. The quantitative estimate of drug-likeness (QED) is 0.750. The molecule has 0 radical (unpaired) electrons. The van der Waals surface area contributed by atoms with Crippen LogP contribution >= 0.6 is 12.2 Å². The molecular weight excluding hydrogens is 270 g/mol. The molecular formula is C14H15N5S. The summed E-state index contributed by atoms with van der Waals surface area (Å²) in [4.78, 5) is 0. The summed E-state index contributed by atoms with van der Waals surface area (Å²) in [6, 6.07) is 12.1. The second-order valence-corrected chi connectivity index (χ2v) is 5.05. The van der Waals surface area contributed by atoms with Crippen LogP contribution in [-0.2, 0) is 6.54 Å². The summed E-state index contributed by atoms with van der Waals surface area (Å²) in [6.07, 6.45) is 3.72. The molecule has 5 nitrogen and oxygen atoms in total. The Morgan fingerprint density at radius 2 is 2.05 bits per heavy atom. The minimum absolute atomic E-state index is 0.163. The van der Waals surface area contributed by atoms with Crippen molar-refractivity contribution < 1.29 is 0 Å². The molecule has 0 aliphatic rings. The fourth-order valence-electron chi connectivity index (χ4n) is 2.27. The molecule has 2 heterocycles. The van der Waals surface area contributed by atoms with Crippen molar-refractivity contribution >= 4 is 12.2 Å². The highest BCUT2D eigenvalue weighted by Crippen LogP contribution is 2.21. The van der Waals surface area contributed by atoms with E-state index < -0.39 is 0 Å². The fourth-order valence-corrected chi connectivity index (χ4v) is 2.58. The summed E-state index contributed by atoms with van der Waals surface area (Å²) in [7, 11) is 0. The van der Waals surface area contributed by atoms with Gasteiger partial charge in [0.05, 0.1) is 12.6 Å². The first-order chi connectivity index (χ1) is 9.75. The SMILES string of the molecule is CC(Cn1cccn1)n1c(-c2ccccc2)n[nH]c1=S. The predicted molar refractivity (Wildman–Crippen MR) is 79.8 cm³/mol. The normalized spacial score (nSPS) is 12.4. The van der Waals surface area contributed by atoms with Crippen LogP contribution in [0.2, 0.25) is 0 Å². The Balaban J connectivity index is 1.97. The van der Waals surface area contributed by atoms with Crippen molar-refractivity contribution in [2.45, 2.75) is 19.5 Å². The Labute approximate surface area is 121 Å². The highest BCUT2D eigenvalue weighted by molar-refractivity contribution is 7.71. The zero-order valence-electron chi connectivity index (χ0n) is 11.1. The first-order valence-corrected chi connectivity index (χ1v) is 6.86. The second-order valence-electron chi connectivity index (χ2n) is 4.67. The van der Waals surface area contributed by atoms with Gasteiger partial charge in [-0.15, -0.1) is 0 Å². The Morgan fingerprint density at radius 3 is 2.75 bits per heavy atom. The Morgan fingerprint density at radius 1 is 1.25 bits per heavy atom. The van der Waals surface area contributed by atoms with Gasteiger partial charge in [0.25, 0.3) is 0 Å². The average molecular weight is 285 g/mol. The molecule has 3 aromatic rings. The van der Waals surface area contributed by atoms with Crippen LogP contribution < -0.4 is 0 Å². The van der Waals surface area contributed by atoms with Crippen molar-refractivity contribution in [1.82, 2.24) is 24.5 Å². The third-order valence-electron chi connectivity index (χ3n) is 3.19. The van der Waals surface area contributed by atoms with E-state index >= 15 is 0 Å². The molecule has 1 unspecified atom stereocenters. The molecule has 20 heavy (non-hydrogen) atoms. The van der Waals surface area contributed by atoms with E-state index in [0.29, 0.717) is 4.77 Å². The minimum Gasteiger partial charge on any atom is -0.295 e. The van der Waals surface area contributed by atoms with Crippen molar-refractivity contribution in [3.63, 3.8) is 0 Å². The van der Waals surface area contributed by atoms with Crippen molar-refractivity contribution in [2.75, 3.05) is 0 Å². The number of aromatic nitrogens is 5. The van der Waals surface area contributed by atoms with Crippen LogP contribution in [0.4, 0.5) is 0 Å². The molecule has 6 heteroatoms. The Kier molecular flexibility index (Phi) is 3.47. The van der Waals surface area contributed by atoms with E-state index in [2.05, 4.69) is 22.2 Å². The van der Waals surface area contributed by atoms with Gasteiger partial charge in [-0.1, -0.05) is 30.3 Å². The number of hydrogen-bond acceptors (Lipinski definition) is 3. The van der Waals surface area contributed by atoms with Crippen molar-refractivity contribution in [3.8, 4) is 11.4 Å². The highest BCUT2D eigenvalue weighted by atomic mass is 32.1. The van der Waals surface area contributed by atoms with Crippen LogP contribution in [0.1, 0.15) is 13.0 Å². The molecule has 2 aromatic heterocycles. The number of benzene rings is 1. The zero-order chi connectivity index (χ0) is 13.9. The summed E-state index contributed by atoms with van der Waals surface area (Å²) in [5.41, 5.74) is 1.05. The first kappa shape index (κ1) is 12.8. The Hall–Kier alpha value is -2.21. The number of nitrogens with zero attached hydrogens (tertiary/aromatic N) is 4. The van der Waals surface area contributed by atoms with E-state index in [1.807, 2.05) is 51.8 Å². The van der Waals surface area contributed by atoms with Gasteiger partial charge in [0.2, 0.25) is 0 Å². The molecule has 0 saturated carbocycles. The highest BCUT2D eigenvalue weighted by Gasteiger charge is 2.14. The lowest BCUT2D eigenvalue weighted by molar-refractivity contribution is 0.436. The molecule has 0 fully saturated rings. The first-order valence-electron chi connectivity index (χ1n) is 6.45. The van der Waals surface area contributed by atoms with Gasteiger partial charge < -0.3 is 0 Å². The van der Waals surface area contributed by atoms with Gasteiger partial charge in [0, 0.05) is 18.0 Å². The molecule has 102 valence electrons. The van der Waals surface area contributed by atoms with Gasteiger partial charge in [-0.2, -0.15) is 10.2 Å². The van der Waals surface area contributed by atoms with E-state index in [1.165, 1.54) is 0 Å². The zero-order valence-corrected chi connectivity index (χ0v) is 11.9. The van der Waals surface area contributed by atoms with Gasteiger partial charge in [-0.25, -0.2) is 0 Å². The Bertz CT molecular complexity index is 727. The molecule has 1 aromatic carbocycles. The lowest BCUT2D eigenvalue weighted by atomic mass is 10.2. The number of rotatable bonds is 4. The van der Waals surface area contributed by atoms with Gasteiger partial charge >= 0.3 is 0 Å². The van der Waals surface area contributed by atoms with Gasteiger partial charge in [-0.05, 0) is 25.2 Å². The van der Waals surface area contributed by atoms with Crippen LogP contribution in [-0.4, -0.2) is 24.5 Å². The summed E-state index contributed by atoms with van der Waals surface area (Å²) >= 11 is 5.36. The summed E-state index contributed by atoms with van der Waals surface area (Å²) < 4.78 is 4.56. The van der Waals surface area contributed by atoms with Gasteiger partial charge in [0.1, 0.15) is 0 Å². The molecule has 1 atom stereocenters. The number of aromatic amines is 1. The van der Waals surface area contributed by atoms with Crippen LogP contribution in [0.3, 0.4) is 0 Å². The molecule has 3 rings (SSSR count). The molecule has 0 aliphatic heterocycles. The number of H-pyrrole nitrogens is 1. The number of hydrogen-bond donors (Lipinski definition) is 1. The summed E-state index contributed by atoms with van der Waals surface area (Å²) in [6.45, 7) is 2.86. The smallest absolute Gasteiger partial charge is 0.195 e. The second kappa shape index (κ2) is 5.42. The molecule has 1 N–H and O–H groups in total. The van der Waals surface area contributed by atoms with Gasteiger partial charge in [-0.3, -0.25) is 14.3 Å². The molecule has 0 bridgehead atoms. The molecule has 0 aliphatic carbocycles. The standard InChI is InChI=1S/C14H15N5S/c1-11(10-18-9-5-8-15-18)19-13(16-17-14(19)20)12-6-3-2-4-7-12/h2-9,11H,10H2,1H3,(H,17,20). The van der Waals surface area contributed by atoms with E-state index in [-0.39, 0.29) is 6.04 Å². The lowest BCUT2D eigenvalue weighted by Crippen LogP contribution is -2.14. The van der Waals surface area contributed by atoms with Crippen molar-refractivity contribution in [2.24, 2.45) is 0 Å². The van der Waals surface area contributed by atoms with E-state index in [9.17, 15) is 0 Å². The lowest BCUT2D eigenvalue weighted by Gasteiger charge is -2.15. The molecule has 0 saturated heterocycles. The van der Waals surface area contributed by atoms with E-state index in [0.717, 1.165) is 17.9 Å². The van der Waals surface area contributed by atoms with Crippen LogP contribution in [0, 0.1) is 4.77 Å². The van der Waals surface area contributed by atoms with Crippen molar-refractivity contribution in [1.29, 1.82) is 0 Å². The maximum atomic E-state index is 5.36.